The van der Waals surface area contributed by atoms with Gasteiger partial charge in [0.1, 0.15) is 0 Å². The lowest BCUT2D eigenvalue weighted by Gasteiger charge is -2.48. The maximum atomic E-state index is 13.1. The van der Waals surface area contributed by atoms with Gasteiger partial charge in [-0.2, -0.15) is 18.4 Å². The lowest BCUT2D eigenvalue weighted by Crippen LogP contribution is -2.48. The van der Waals surface area contributed by atoms with Crippen LogP contribution in [0.3, 0.4) is 0 Å². The van der Waals surface area contributed by atoms with Crippen molar-refractivity contribution < 1.29 is 13.2 Å². The maximum Gasteiger partial charge on any atom is 0.416 e. The zero-order valence-electron chi connectivity index (χ0n) is 18.8. The highest BCUT2D eigenvalue weighted by Crippen LogP contribution is 2.44. The molecule has 1 unspecified atom stereocenters. The van der Waals surface area contributed by atoms with Gasteiger partial charge >= 0.3 is 6.18 Å². The first-order valence-corrected chi connectivity index (χ1v) is 10.7. The highest BCUT2D eigenvalue weighted by molar-refractivity contribution is 5.90. The summed E-state index contributed by atoms with van der Waals surface area (Å²) >= 11 is 0. The Balaban J connectivity index is 2.09. The van der Waals surface area contributed by atoms with Gasteiger partial charge in [0.25, 0.3) is 0 Å². The third kappa shape index (κ3) is 4.63. The summed E-state index contributed by atoms with van der Waals surface area (Å²) in [5, 5.41) is 9.69. The summed E-state index contributed by atoms with van der Waals surface area (Å²) in [7, 11) is 0. The zero-order valence-corrected chi connectivity index (χ0v) is 18.8. The van der Waals surface area contributed by atoms with Gasteiger partial charge in [-0.15, -0.1) is 0 Å². The predicted molar refractivity (Wildman–Crippen MR) is 121 cm³/mol. The van der Waals surface area contributed by atoms with E-state index in [1.807, 2.05) is 6.92 Å². The molecule has 1 aliphatic rings. The number of hydrogen-bond donors (Lipinski definition) is 0. The lowest BCUT2D eigenvalue weighted by molar-refractivity contribution is -0.137. The third-order valence-corrected chi connectivity index (χ3v) is 6.14. The van der Waals surface area contributed by atoms with Gasteiger partial charge in [0.05, 0.1) is 17.2 Å². The molecule has 2 aromatic carbocycles. The van der Waals surface area contributed by atoms with Crippen LogP contribution in [0.1, 0.15) is 74.3 Å². The number of nitrogens with zero attached hydrogens (tertiary/aromatic N) is 2. The SMILES string of the molecule is CCCN1c2cc(C)c(/C=C(\C#N)c3cccc(C(F)(F)F)c3)cc2C(C)CC1(C)C. The second-order valence-electron chi connectivity index (χ2n) is 9.09. The summed E-state index contributed by atoms with van der Waals surface area (Å²) in [6.45, 7) is 11.9. The van der Waals surface area contributed by atoms with E-state index < -0.39 is 11.7 Å². The molecular weight excluding hydrogens is 397 g/mol. The maximum absolute atomic E-state index is 13.1. The van der Waals surface area contributed by atoms with E-state index in [1.165, 1.54) is 17.3 Å². The highest BCUT2D eigenvalue weighted by Gasteiger charge is 2.36. The van der Waals surface area contributed by atoms with Gasteiger partial charge in [0.2, 0.25) is 0 Å². The lowest BCUT2D eigenvalue weighted by atomic mass is 9.78. The van der Waals surface area contributed by atoms with Gasteiger partial charge in [0, 0.05) is 17.8 Å². The molecule has 2 nitrogen and oxygen atoms in total. The normalized spacial score (nSPS) is 18.5. The minimum absolute atomic E-state index is 0.0576. The molecule has 5 heteroatoms. The Hall–Kier alpha value is -2.74. The van der Waals surface area contributed by atoms with Gasteiger partial charge in [0.15, 0.2) is 0 Å². The molecule has 0 amide bonds. The van der Waals surface area contributed by atoms with E-state index in [1.54, 1.807) is 12.1 Å². The fourth-order valence-electron chi connectivity index (χ4n) is 4.65. The molecule has 0 aliphatic carbocycles. The molecule has 3 rings (SSSR count). The van der Waals surface area contributed by atoms with Gasteiger partial charge in [-0.1, -0.05) is 26.0 Å². The van der Waals surface area contributed by atoms with E-state index >= 15 is 0 Å². The smallest absolute Gasteiger partial charge is 0.366 e. The quantitative estimate of drug-likeness (QED) is 0.372. The Labute approximate surface area is 183 Å². The molecule has 1 heterocycles. The van der Waals surface area contributed by atoms with Gasteiger partial charge in [-0.25, -0.2) is 0 Å². The van der Waals surface area contributed by atoms with Crippen LogP contribution < -0.4 is 4.90 Å². The van der Waals surface area contributed by atoms with Crippen LogP contribution in [-0.2, 0) is 6.18 Å². The molecule has 2 aromatic rings. The van der Waals surface area contributed by atoms with Crippen LogP contribution >= 0.6 is 0 Å². The number of hydrogen-bond acceptors (Lipinski definition) is 2. The Bertz CT molecular complexity index is 1040. The first-order valence-electron chi connectivity index (χ1n) is 10.7. The Kier molecular flexibility index (Phi) is 6.23. The van der Waals surface area contributed by atoms with Crippen molar-refractivity contribution in [3.8, 4) is 6.07 Å². The van der Waals surface area contributed by atoms with Crippen molar-refractivity contribution >= 4 is 17.3 Å². The van der Waals surface area contributed by atoms with Crippen molar-refractivity contribution in [2.75, 3.05) is 11.4 Å². The molecule has 164 valence electrons. The average Bonchev–Trinajstić information content (AvgIpc) is 2.69. The van der Waals surface area contributed by atoms with Crippen molar-refractivity contribution in [3.63, 3.8) is 0 Å². The fourth-order valence-corrected chi connectivity index (χ4v) is 4.65. The first-order chi connectivity index (χ1) is 14.5. The molecule has 0 bridgehead atoms. The van der Waals surface area contributed by atoms with Crippen LogP contribution in [0.4, 0.5) is 18.9 Å². The van der Waals surface area contributed by atoms with Gasteiger partial charge in [-0.3, -0.25) is 0 Å². The molecule has 1 aliphatic heterocycles. The van der Waals surface area contributed by atoms with E-state index in [0.29, 0.717) is 5.92 Å². The Morgan fingerprint density at radius 1 is 1.26 bits per heavy atom. The summed E-state index contributed by atoms with van der Waals surface area (Å²) in [6.07, 6.45) is -0.665. The predicted octanol–water partition coefficient (Wildman–Crippen LogP) is 7.58. The van der Waals surface area contributed by atoms with Crippen LogP contribution in [0, 0.1) is 18.3 Å². The second kappa shape index (κ2) is 8.42. The average molecular weight is 427 g/mol. The second-order valence-corrected chi connectivity index (χ2v) is 9.09. The molecule has 0 spiro atoms. The van der Waals surface area contributed by atoms with Crippen molar-refractivity contribution in [1.29, 1.82) is 5.26 Å². The largest absolute Gasteiger partial charge is 0.416 e. The number of alkyl halides is 3. The van der Waals surface area contributed by atoms with E-state index in [2.05, 4.69) is 50.8 Å². The van der Waals surface area contributed by atoms with Crippen LogP contribution in [0.5, 0.6) is 0 Å². The summed E-state index contributed by atoms with van der Waals surface area (Å²) in [6, 6.07) is 11.3. The van der Waals surface area contributed by atoms with Crippen LogP contribution in [0.25, 0.3) is 11.6 Å². The standard InChI is InChI=1S/C26H29F3N2/c1-6-10-31-24-11-17(2)20(14-23(24)18(3)15-25(31,4)5)12-21(16-30)19-8-7-9-22(13-19)26(27,28)29/h7-9,11-14,18H,6,10,15H2,1-5H3/b21-12+. The van der Waals surface area contributed by atoms with E-state index in [-0.39, 0.29) is 16.7 Å². The number of halogens is 3. The fraction of sp³-hybridized carbons (Fsp3) is 0.423. The van der Waals surface area contributed by atoms with E-state index in [0.717, 1.165) is 42.6 Å². The number of rotatable bonds is 4. The molecule has 0 fully saturated rings. The number of benzene rings is 2. The summed E-state index contributed by atoms with van der Waals surface area (Å²) in [5.74, 6) is 0.352. The Morgan fingerprint density at radius 3 is 2.58 bits per heavy atom. The molecule has 0 N–H and O–H groups in total. The van der Waals surface area contributed by atoms with Gasteiger partial charge < -0.3 is 4.90 Å². The van der Waals surface area contributed by atoms with Crippen molar-refractivity contribution in [3.05, 3.63) is 64.2 Å². The Morgan fingerprint density at radius 2 is 1.97 bits per heavy atom. The van der Waals surface area contributed by atoms with E-state index in [4.69, 9.17) is 0 Å². The molecule has 0 radical (unpaired) electrons. The summed E-state index contributed by atoms with van der Waals surface area (Å²) in [4.78, 5) is 2.46. The van der Waals surface area contributed by atoms with Crippen LogP contribution in [-0.4, -0.2) is 12.1 Å². The number of allylic oxidation sites excluding steroid dienone is 1. The minimum atomic E-state index is -4.44. The van der Waals surface area contributed by atoms with Crippen molar-refractivity contribution in [2.45, 2.75) is 65.1 Å². The summed E-state index contributed by atoms with van der Waals surface area (Å²) < 4.78 is 39.3. The van der Waals surface area contributed by atoms with E-state index in [9.17, 15) is 18.4 Å². The number of anilines is 1. The van der Waals surface area contributed by atoms with Crippen molar-refractivity contribution in [2.24, 2.45) is 0 Å². The topological polar surface area (TPSA) is 27.0 Å². The first kappa shape index (κ1) is 22.9. The third-order valence-electron chi connectivity index (χ3n) is 6.14. The van der Waals surface area contributed by atoms with Gasteiger partial charge in [-0.05, 0) is 92.1 Å². The monoisotopic (exact) mass is 426 g/mol. The number of fused-ring (bicyclic) bond motifs is 1. The van der Waals surface area contributed by atoms with Crippen LogP contribution in [0.15, 0.2) is 36.4 Å². The van der Waals surface area contributed by atoms with Crippen LogP contribution in [0.2, 0.25) is 0 Å². The molecule has 1 atom stereocenters. The molecule has 31 heavy (non-hydrogen) atoms. The molecule has 0 saturated carbocycles. The van der Waals surface area contributed by atoms with Crippen molar-refractivity contribution in [1.82, 2.24) is 0 Å². The minimum Gasteiger partial charge on any atom is -0.366 e. The number of aryl methyl sites for hydroxylation is 1. The zero-order chi connectivity index (χ0) is 23.0. The highest BCUT2D eigenvalue weighted by atomic mass is 19.4. The number of nitriles is 1. The molecular formula is C26H29F3N2. The summed E-state index contributed by atoms with van der Waals surface area (Å²) in [5.41, 5.74) is 4.13. The molecule has 0 saturated heterocycles. The molecule has 0 aromatic heterocycles.